The Labute approximate surface area is 172 Å². The van der Waals surface area contributed by atoms with Gasteiger partial charge in [-0.15, -0.1) is 5.10 Å². The molecular formula is C23H34FN3O2. The Morgan fingerprint density at radius 2 is 1.90 bits per heavy atom. The third-order valence-electron chi connectivity index (χ3n) is 9.42. The third kappa shape index (κ3) is 3.17. The first-order valence-corrected chi connectivity index (χ1v) is 11.5. The predicted molar refractivity (Wildman–Crippen MR) is 107 cm³/mol. The molecule has 9 atom stereocenters. The van der Waals surface area contributed by atoms with Crippen molar-refractivity contribution in [1.29, 1.82) is 0 Å². The number of carbonyl (C=O) groups excluding carboxylic acids is 1. The smallest absolute Gasteiger partial charge is 0.157 e. The molecule has 0 aliphatic heterocycles. The first-order valence-electron chi connectivity index (χ1n) is 11.5. The van der Waals surface area contributed by atoms with Gasteiger partial charge in [-0.25, -0.2) is 9.07 Å². The van der Waals surface area contributed by atoms with E-state index in [1.54, 1.807) is 17.1 Å². The van der Waals surface area contributed by atoms with Crippen LogP contribution in [0, 0.1) is 40.9 Å². The quantitative estimate of drug-likeness (QED) is 0.833. The molecule has 0 spiro atoms. The molecule has 4 aliphatic rings. The van der Waals surface area contributed by atoms with Crippen LogP contribution in [-0.4, -0.2) is 37.7 Å². The number of fused-ring (bicyclic) bond motifs is 5. The fraction of sp³-hybridized carbons (Fsp3) is 0.870. The van der Waals surface area contributed by atoms with Gasteiger partial charge in [0.25, 0.3) is 0 Å². The van der Waals surface area contributed by atoms with E-state index in [-0.39, 0.29) is 23.0 Å². The minimum absolute atomic E-state index is 0.00838. The Kier molecular flexibility index (Phi) is 4.65. The number of rotatable bonds is 3. The molecule has 4 saturated carbocycles. The van der Waals surface area contributed by atoms with Crippen molar-refractivity contribution >= 4 is 5.78 Å². The second kappa shape index (κ2) is 6.86. The van der Waals surface area contributed by atoms with Crippen LogP contribution in [0.2, 0.25) is 0 Å². The summed E-state index contributed by atoms with van der Waals surface area (Å²) in [5.74, 6) is 2.18. The molecule has 0 bridgehead atoms. The van der Waals surface area contributed by atoms with Crippen molar-refractivity contribution in [1.82, 2.24) is 15.0 Å². The Balaban J connectivity index is 1.35. The SMILES string of the molecule is C[C@@]1(O)CC[C@@H]2[C@H]3CC[C@]4(C)[C@@H](C(=O)Cn5ccnn5)CC[C@H]4[C@@H]3C[C@@H](F)[C@@H]2C1. The first-order chi connectivity index (χ1) is 13.8. The summed E-state index contributed by atoms with van der Waals surface area (Å²) < 4.78 is 17.0. The van der Waals surface area contributed by atoms with E-state index in [9.17, 15) is 9.90 Å². The van der Waals surface area contributed by atoms with Crippen LogP contribution in [0.1, 0.15) is 65.2 Å². The van der Waals surface area contributed by atoms with E-state index in [1.165, 1.54) is 0 Å². The van der Waals surface area contributed by atoms with Crippen LogP contribution in [0.25, 0.3) is 0 Å². The van der Waals surface area contributed by atoms with E-state index < -0.39 is 11.8 Å². The number of alkyl halides is 1. The van der Waals surface area contributed by atoms with Gasteiger partial charge in [-0.1, -0.05) is 12.1 Å². The summed E-state index contributed by atoms with van der Waals surface area (Å²) in [6, 6.07) is 0. The molecule has 1 aromatic heterocycles. The number of nitrogens with zero attached hydrogens (tertiary/aromatic N) is 3. The number of aromatic nitrogens is 3. The molecule has 1 aromatic rings. The van der Waals surface area contributed by atoms with Crippen LogP contribution >= 0.6 is 0 Å². The maximum Gasteiger partial charge on any atom is 0.157 e. The topological polar surface area (TPSA) is 68.0 Å². The molecule has 4 aliphatic carbocycles. The van der Waals surface area contributed by atoms with Crippen LogP contribution in [0.4, 0.5) is 4.39 Å². The molecule has 1 N–H and O–H groups in total. The minimum Gasteiger partial charge on any atom is -0.390 e. The number of ketones is 1. The molecule has 160 valence electrons. The van der Waals surface area contributed by atoms with Crippen molar-refractivity contribution in [2.24, 2.45) is 40.9 Å². The molecule has 5 rings (SSSR count). The van der Waals surface area contributed by atoms with Crippen molar-refractivity contribution < 1.29 is 14.3 Å². The van der Waals surface area contributed by atoms with Gasteiger partial charge in [0.1, 0.15) is 12.7 Å². The van der Waals surface area contributed by atoms with Crippen LogP contribution in [0.5, 0.6) is 0 Å². The number of carbonyl (C=O) groups is 1. The van der Waals surface area contributed by atoms with Gasteiger partial charge in [0.2, 0.25) is 0 Å². The standard InChI is InChI=1S/C23H34FN3O2/c1-22(29)7-5-15-14-6-8-23(2)18(16(14)11-20(24)17(15)12-22)3-4-19(23)21(28)13-27-10-9-25-26-27/h9-10,14-20,29H,3-8,11-13H2,1-2H3/t14-,15-,16-,17-,18+,19-,20-,22-,23+/m1/s1. The van der Waals surface area contributed by atoms with Gasteiger partial charge in [-0.05, 0) is 93.3 Å². The zero-order valence-electron chi connectivity index (χ0n) is 17.6. The maximum atomic E-state index is 15.3. The number of halogens is 1. The molecule has 0 aromatic carbocycles. The van der Waals surface area contributed by atoms with E-state index >= 15 is 4.39 Å². The highest BCUT2D eigenvalue weighted by molar-refractivity contribution is 5.82. The molecule has 0 saturated heterocycles. The summed E-state index contributed by atoms with van der Waals surface area (Å²) >= 11 is 0. The lowest BCUT2D eigenvalue weighted by Gasteiger charge is -2.57. The van der Waals surface area contributed by atoms with Crippen LogP contribution in [0.3, 0.4) is 0 Å². The summed E-state index contributed by atoms with van der Waals surface area (Å²) in [6.45, 7) is 4.48. The van der Waals surface area contributed by atoms with Crippen LogP contribution < -0.4 is 0 Å². The molecule has 0 amide bonds. The number of Topliss-reactive ketones (excluding diaryl/α,β-unsaturated/α-hetero) is 1. The monoisotopic (exact) mass is 403 g/mol. The van der Waals surface area contributed by atoms with Gasteiger partial charge in [0.15, 0.2) is 5.78 Å². The average molecular weight is 404 g/mol. The van der Waals surface area contributed by atoms with E-state index in [4.69, 9.17) is 0 Å². The van der Waals surface area contributed by atoms with Gasteiger partial charge in [-0.2, -0.15) is 0 Å². The summed E-state index contributed by atoms with van der Waals surface area (Å²) in [4.78, 5) is 13.1. The van der Waals surface area contributed by atoms with Crippen LogP contribution in [-0.2, 0) is 11.3 Å². The van der Waals surface area contributed by atoms with Crippen molar-refractivity contribution in [3.8, 4) is 0 Å². The molecule has 0 radical (unpaired) electrons. The van der Waals surface area contributed by atoms with Gasteiger partial charge in [-0.3, -0.25) is 4.79 Å². The number of hydrogen-bond donors (Lipinski definition) is 1. The number of hydrogen-bond acceptors (Lipinski definition) is 4. The molecule has 5 nitrogen and oxygen atoms in total. The summed E-state index contributed by atoms with van der Waals surface area (Å²) in [5.41, 5.74) is -0.709. The van der Waals surface area contributed by atoms with Crippen molar-refractivity contribution in [3.63, 3.8) is 0 Å². The lowest BCUT2D eigenvalue weighted by molar-refractivity contribution is -0.139. The molecule has 29 heavy (non-hydrogen) atoms. The highest BCUT2D eigenvalue weighted by atomic mass is 19.1. The average Bonchev–Trinajstić information content (AvgIpc) is 3.28. The number of aliphatic hydroxyl groups is 1. The highest BCUT2D eigenvalue weighted by Crippen LogP contribution is 2.65. The first kappa shape index (κ1) is 19.7. The van der Waals surface area contributed by atoms with Crippen molar-refractivity contribution in [2.45, 2.75) is 83.5 Å². The second-order valence-corrected chi connectivity index (χ2v) is 11.0. The van der Waals surface area contributed by atoms with Gasteiger partial charge in [0, 0.05) is 12.1 Å². The van der Waals surface area contributed by atoms with Gasteiger partial charge < -0.3 is 5.11 Å². The molecular weight excluding hydrogens is 369 g/mol. The van der Waals surface area contributed by atoms with Crippen LogP contribution in [0.15, 0.2) is 12.4 Å². The predicted octanol–water partition coefficient (Wildman–Crippen LogP) is 3.82. The van der Waals surface area contributed by atoms with Crippen molar-refractivity contribution in [2.75, 3.05) is 0 Å². The van der Waals surface area contributed by atoms with Gasteiger partial charge >= 0.3 is 0 Å². The Morgan fingerprint density at radius 1 is 1.14 bits per heavy atom. The lowest BCUT2D eigenvalue weighted by Crippen LogP contribution is -2.54. The van der Waals surface area contributed by atoms with E-state index in [0.29, 0.717) is 43.1 Å². The van der Waals surface area contributed by atoms with Crippen molar-refractivity contribution in [3.05, 3.63) is 12.4 Å². The largest absolute Gasteiger partial charge is 0.390 e. The fourth-order valence-electron chi connectivity index (χ4n) is 8.12. The Morgan fingerprint density at radius 3 is 2.66 bits per heavy atom. The van der Waals surface area contributed by atoms with Gasteiger partial charge in [0.05, 0.1) is 11.8 Å². The molecule has 0 unspecified atom stereocenters. The molecule has 6 heteroatoms. The Bertz CT molecular complexity index is 766. The van der Waals surface area contributed by atoms with E-state index in [2.05, 4.69) is 17.2 Å². The third-order valence-corrected chi connectivity index (χ3v) is 9.42. The maximum absolute atomic E-state index is 15.3. The summed E-state index contributed by atoms with van der Waals surface area (Å²) in [5, 5.41) is 18.3. The molecule has 1 heterocycles. The van der Waals surface area contributed by atoms with E-state index in [0.717, 1.165) is 38.5 Å². The Hall–Kier alpha value is -1.30. The normalized spacial score (nSPS) is 49.2. The summed E-state index contributed by atoms with van der Waals surface area (Å²) in [6.07, 6.45) is 9.71. The highest BCUT2D eigenvalue weighted by Gasteiger charge is 2.60. The second-order valence-electron chi connectivity index (χ2n) is 11.0. The lowest BCUT2D eigenvalue weighted by atomic mass is 9.48. The minimum atomic E-state index is -0.805. The summed E-state index contributed by atoms with van der Waals surface area (Å²) in [7, 11) is 0. The fourth-order valence-corrected chi connectivity index (χ4v) is 8.12. The molecule has 4 fully saturated rings. The van der Waals surface area contributed by atoms with E-state index in [1.807, 2.05) is 6.92 Å². The zero-order valence-corrected chi connectivity index (χ0v) is 17.6. The zero-order chi connectivity index (χ0) is 20.4.